The highest BCUT2D eigenvalue weighted by Gasteiger charge is 2.38. The third-order valence-corrected chi connectivity index (χ3v) is 3.32. The van der Waals surface area contributed by atoms with Gasteiger partial charge in [-0.1, -0.05) is 51.1 Å². The Bertz CT molecular complexity index is 406. The highest BCUT2D eigenvalue weighted by atomic mass is 16.5. The van der Waals surface area contributed by atoms with Gasteiger partial charge in [-0.3, -0.25) is 10.1 Å². The smallest absolute Gasteiger partial charge is 0.244 e. The van der Waals surface area contributed by atoms with Crippen molar-refractivity contribution in [2.45, 2.75) is 32.7 Å². The summed E-state index contributed by atoms with van der Waals surface area (Å²) < 4.78 is 5.71. The van der Waals surface area contributed by atoms with E-state index in [-0.39, 0.29) is 6.61 Å². The summed E-state index contributed by atoms with van der Waals surface area (Å²) in [5.41, 5.74) is 5.55. The molecular weight excluding hydrogens is 252 g/mol. The second kappa shape index (κ2) is 8.02. The molecule has 0 saturated carbocycles. The molecule has 0 aliphatic carbocycles. The molecule has 1 unspecified atom stereocenters. The molecule has 1 amide bonds. The van der Waals surface area contributed by atoms with Gasteiger partial charge >= 0.3 is 0 Å². The van der Waals surface area contributed by atoms with Gasteiger partial charge in [0.25, 0.3) is 0 Å². The van der Waals surface area contributed by atoms with Crippen LogP contribution in [0.1, 0.15) is 32.8 Å². The average molecular weight is 278 g/mol. The van der Waals surface area contributed by atoms with Crippen LogP contribution in [0.4, 0.5) is 0 Å². The highest BCUT2D eigenvalue weighted by molar-refractivity contribution is 5.86. The van der Waals surface area contributed by atoms with Crippen LogP contribution in [0.25, 0.3) is 0 Å². The molecule has 1 rings (SSSR count). The molecule has 1 atom stereocenters. The lowest BCUT2D eigenvalue weighted by Gasteiger charge is -2.32. The van der Waals surface area contributed by atoms with Crippen molar-refractivity contribution in [2.75, 3.05) is 19.8 Å². The summed E-state index contributed by atoms with van der Waals surface area (Å²) in [6, 6.07) is 9.52. The number of ether oxygens (including phenoxy) is 1. The molecule has 20 heavy (non-hydrogen) atoms. The monoisotopic (exact) mass is 278 g/mol. The fourth-order valence-corrected chi connectivity index (χ4v) is 2.11. The first kappa shape index (κ1) is 16.7. The second-order valence-electron chi connectivity index (χ2n) is 5.40. The zero-order valence-corrected chi connectivity index (χ0v) is 12.7. The van der Waals surface area contributed by atoms with Crippen molar-refractivity contribution in [1.82, 2.24) is 5.32 Å². The number of benzene rings is 1. The van der Waals surface area contributed by atoms with E-state index in [1.165, 1.54) is 0 Å². The topological polar surface area (TPSA) is 64.3 Å². The Labute approximate surface area is 121 Å². The number of hydrogen-bond donors (Lipinski definition) is 2. The first-order valence-corrected chi connectivity index (χ1v) is 7.21. The van der Waals surface area contributed by atoms with Gasteiger partial charge in [0, 0.05) is 6.61 Å². The molecule has 0 aromatic heterocycles. The van der Waals surface area contributed by atoms with Crippen molar-refractivity contribution in [3.63, 3.8) is 0 Å². The molecule has 0 radical (unpaired) electrons. The highest BCUT2D eigenvalue weighted by Crippen LogP contribution is 2.21. The lowest BCUT2D eigenvalue weighted by Crippen LogP contribution is -2.55. The molecule has 0 fully saturated rings. The summed E-state index contributed by atoms with van der Waals surface area (Å²) in [4.78, 5) is 12.0. The molecule has 3 N–H and O–H groups in total. The number of nitrogens with one attached hydrogen (secondary N) is 1. The van der Waals surface area contributed by atoms with Crippen molar-refractivity contribution < 1.29 is 9.53 Å². The van der Waals surface area contributed by atoms with Crippen LogP contribution in [0.5, 0.6) is 0 Å². The Morgan fingerprint density at radius 3 is 2.50 bits per heavy atom. The number of rotatable bonds is 9. The number of amides is 1. The van der Waals surface area contributed by atoms with Gasteiger partial charge in [0.05, 0.1) is 6.61 Å². The molecular formula is C16H26N2O2. The van der Waals surface area contributed by atoms with E-state index in [1.54, 1.807) is 0 Å². The van der Waals surface area contributed by atoms with Gasteiger partial charge in [-0.05, 0) is 24.4 Å². The van der Waals surface area contributed by atoms with E-state index < -0.39 is 11.4 Å². The van der Waals surface area contributed by atoms with Crippen LogP contribution in [0, 0.1) is 5.92 Å². The van der Waals surface area contributed by atoms with Crippen LogP contribution in [0.15, 0.2) is 30.3 Å². The van der Waals surface area contributed by atoms with E-state index in [9.17, 15) is 4.79 Å². The standard InChI is InChI=1S/C16H26N2O2/c1-4-18-16(15(17)19,12-20-11-10-13(2)3)14-8-6-5-7-9-14/h5-9,13,18H,4,10-12H2,1-3H3,(H2,17,19). The van der Waals surface area contributed by atoms with E-state index in [0.717, 1.165) is 12.0 Å². The number of likely N-dealkylation sites (N-methyl/N-ethyl adjacent to an activating group) is 1. The molecule has 1 aromatic rings. The quantitative estimate of drug-likeness (QED) is 0.679. The van der Waals surface area contributed by atoms with Gasteiger partial charge in [-0.15, -0.1) is 0 Å². The van der Waals surface area contributed by atoms with E-state index in [1.807, 2.05) is 37.3 Å². The Morgan fingerprint density at radius 2 is 2.00 bits per heavy atom. The molecule has 0 saturated heterocycles. The second-order valence-corrected chi connectivity index (χ2v) is 5.40. The lowest BCUT2D eigenvalue weighted by molar-refractivity contribution is -0.127. The Balaban J connectivity index is 2.86. The van der Waals surface area contributed by atoms with Crippen LogP contribution in [-0.2, 0) is 15.1 Å². The van der Waals surface area contributed by atoms with Crippen molar-refractivity contribution in [3.8, 4) is 0 Å². The Kier molecular flexibility index (Phi) is 6.68. The number of carbonyl (C=O) groups is 1. The third-order valence-electron chi connectivity index (χ3n) is 3.32. The Morgan fingerprint density at radius 1 is 1.35 bits per heavy atom. The minimum Gasteiger partial charge on any atom is -0.379 e. The first-order valence-electron chi connectivity index (χ1n) is 7.21. The molecule has 0 aliphatic heterocycles. The van der Waals surface area contributed by atoms with Crippen molar-refractivity contribution >= 4 is 5.91 Å². The van der Waals surface area contributed by atoms with Crippen LogP contribution in [0.2, 0.25) is 0 Å². The maximum Gasteiger partial charge on any atom is 0.244 e. The van der Waals surface area contributed by atoms with E-state index in [2.05, 4.69) is 19.2 Å². The zero-order valence-electron chi connectivity index (χ0n) is 12.7. The zero-order chi connectivity index (χ0) is 15.0. The van der Waals surface area contributed by atoms with E-state index >= 15 is 0 Å². The van der Waals surface area contributed by atoms with Crippen LogP contribution < -0.4 is 11.1 Å². The fraction of sp³-hybridized carbons (Fsp3) is 0.562. The van der Waals surface area contributed by atoms with E-state index in [0.29, 0.717) is 19.1 Å². The normalized spacial score (nSPS) is 14.2. The number of hydrogen-bond acceptors (Lipinski definition) is 3. The molecule has 0 aliphatic rings. The van der Waals surface area contributed by atoms with Gasteiger partial charge < -0.3 is 10.5 Å². The van der Waals surface area contributed by atoms with Crippen LogP contribution in [-0.4, -0.2) is 25.7 Å². The maximum atomic E-state index is 12.0. The number of carbonyl (C=O) groups excluding carboxylic acids is 1. The molecule has 4 heteroatoms. The summed E-state index contributed by atoms with van der Waals surface area (Å²) in [7, 11) is 0. The van der Waals surface area contributed by atoms with Gasteiger partial charge in [0.15, 0.2) is 0 Å². The number of primary amides is 1. The van der Waals surface area contributed by atoms with Gasteiger partial charge in [-0.25, -0.2) is 0 Å². The average Bonchev–Trinajstić information content (AvgIpc) is 2.42. The molecule has 4 nitrogen and oxygen atoms in total. The molecule has 0 heterocycles. The van der Waals surface area contributed by atoms with E-state index in [4.69, 9.17) is 10.5 Å². The lowest BCUT2D eigenvalue weighted by atomic mass is 9.89. The molecule has 0 spiro atoms. The predicted octanol–water partition coefficient (Wildman–Crippen LogP) is 2.04. The summed E-state index contributed by atoms with van der Waals surface area (Å²) >= 11 is 0. The van der Waals surface area contributed by atoms with Gasteiger partial charge in [0.1, 0.15) is 5.54 Å². The summed E-state index contributed by atoms with van der Waals surface area (Å²) in [6.07, 6.45) is 0.968. The maximum absolute atomic E-state index is 12.0. The summed E-state index contributed by atoms with van der Waals surface area (Å²) in [5, 5.41) is 3.20. The van der Waals surface area contributed by atoms with Gasteiger partial charge in [0.2, 0.25) is 5.91 Å². The molecule has 1 aromatic carbocycles. The van der Waals surface area contributed by atoms with Crippen molar-refractivity contribution in [3.05, 3.63) is 35.9 Å². The SMILES string of the molecule is CCNC(COCCC(C)C)(C(N)=O)c1ccccc1. The summed E-state index contributed by atoms with van der Waals surface area (Å²) in [5.74, 6) is 0.170. The largest absolute Gasteiger partial charge is 0.379 e. The minimum absolute atomic E-state index is 0.257. The first-order chi connectivity index (χ1) is 9.53. The van der Waals surface area contributed by atoms with Gasteiger partial charge in [-0.2, -0.15) is 0 Å². The number of nitrogens with two attached hydrogens (primary N) is 1. The van der Waals surface area contributed by atoms with Crippen molar-refractivity contribution in [1.29, 1.82) is 0 Å². The van der Waals surface area contributed by atoms with Crippen LogP contribution >= 0.6 is 0 Å². The molecule has 112 valence electrons. The van der Waals surface area contributed by atoms with Crippen molar-refractivity contribution in [2.24, 2.45) is 11.7 Å². The van der Waals surface area contributed by atoms with Crippen LogP contribution in [0.3, 0.4) is 0 Å². The fourth-order valence-electron chi connectivity index (χ4n) is 2.11. The minimum atomic E-state index is -0.951. The molecule has 0 bridgehead atoms. The Hall–Kier alpha value is -1.39. The summed E-state index contributed by atoms with van der Waals surface area (Å²) in [6.45, 7) is 7.77. The predicted molar refractivity (Wildman–Crippen MR) is 81.3 cm³/mol. The third kappa shape index (κ3) is 4.32.